The molecule has 8 heteroatoms. The first-order valence-corrected chi connectivity index (χ1v) is 15.0. The lowest BCUT2D eigenvalue weighted by Crippen LogP contribution is -2.29. The Balaban J connectivity index is 1.09. The number of rotatable bonds is 17. The number of benzene rings is 4. The number of hydrogen-bond acceptors (Lipinski definition) is 8. The fourth-order valence-corrected chi connectivity index (χ4v) is 4.41. The molecule has 0 spiro atoms. The van der Waals surface area contributed by atoms with Gasteiger partial charge in [-0.1, -0.05) is 97.1 Å². The predicted molar refractivity (Wildman–Crippen MR) is 172 cm³/mol. The highest BCUT2D eigenvalue weighted by Gasteiger charge is 2.16. The van der Waals surface area contributed by atoms with Crippen LogP contribution < -0.4 is 9.47 Å². The predicted octanol–water partition coefficient (Wildman–Crippen LogP) is 6.76. The lowest BCUT2D eigenvalue weighted by atomic mass is 10.1. The first-order valence-electron chi connectivity index (χ1n) is 15.0. The molecule has 0 aliphatic rings. The second-order valence-electron chi connectivity index (χ2n) is 10.6. The molecule has 0 radical (unpaired) electrons. The SMILES string of the molecule is CC(COC(=O)COc1ccccc1-c1ccccc1)OCC(C)OCC(C)OC(=O)COc1ccccc1-c1ccccc1. The van der Waals surface area contributed by atoms with Crippen LogP contribution in [0.5, 0.6) is 11.5 Å². The third kappa shape index (κ3) is 11.1. The van der Waals surface area contributed by atoms with Gasteiger partial charge < -0.3 is 28.4 Å². The van der Waals surface area contributed by atoms with Crippen molar-refractivity contribution in [2.75, 3.05) is 33.0 Å². The van der Waals surface area contributed by atoms with E-state index in [1.807, 2.05) is 123 Å². The quantitative estimate of drug-likeness (QED) is 0.121. The van der Waals surface area contributed by atoms with Crippen LogP contribution in [0.25, 0.3) is 22.3 Å². The van der Waals surface area contributed by atoms with Gasteiger partial charge in [0.05, 0.1) is 25.4 Å². The van der Waals surface area contributed by atoms with Crippen LogP contribution in [-0.2, 0) is 28.5 Å². The summed E-state index contributed by atoms with van der Waals surface area (Å²) in [7, 11) is 0. The molecule has 0 aromatic heterocycles. The number of ether oxygens (including phenoxy) is 6. The fourth-order valence-electron chi connectivity index (χ4n) is 4.41. The van der Waals surface area contributed by atoms with Crippen molar-refractivity contribution < 1.29 is 38.0 Å². The summed E-state index contributed by atoms with van der Waals surface area (Å²) in [5.74, 6) is 0.245. The largest absolute Gasteiger partial charge is 0.481 e. The number of carbonyl (C=O) groups excluding carboxylic acids is 2. The normalized spacial score (nSPS) is 12.9. The maximum Gasteiger partial charge on any atom is 0.344 e. The summed E-state index contributed by atoms with van der Waals surface area (Å²) >= 11 is 0. The Labute approximate surface area is 264 Å². The zero-order valence-electron chi connectivity index (χ0n) is 25.9. The van der Waals surface area contributed by atoms with E-state index >= 15 is 0 Å². The van der Waals surface area contributed by atoms with E-state index in [9.17, 15) is 9.59 Å². The molecule has 0 heterocycles. The third-order valence-electron chi connectivity index (χ3n) is 6.68. The Hall–Kier alpha value is -4.66. The van der Waals surface area contributed by atoms with E-state index in [0.717, 1.165) is 22.3 Å². The number of esters is 2. The summed E-state index contributed by atoms with van der Waals surface area (Å²) < 4.78 is 33.9. The van der Waals surface area contributed by atoms with Crippen molar-refractivity contribution in [3.63, 3.8) is 0 Å². The third-order valence-corrected chi connectivity index (χ3v) is 6.68. The summed E-state index contributed by atoms with van der Waals surface area (Å²) in [6, 6.07) is 34.8. The van der Waals surface area contributed by atoms with Crippen molar-refractivity contribution in [3.05, 3.63) is 109 Å². The molecule has 8 nitrogen and oxygen atoms in total. The van der Waals surface area contributed by atoms with Crippen molar-refractivity contribution in [2.24, 2.45) is 0 Å². The molecule has 3 unspecified atom stereocenters. The summed E-state index contributed by atoms with van der Waals surface area (Å²) in [6.07, 6.45) is -1.09. The van der Waals surface area contributed by atoms with Gasteiger partial charge in [-0.3, -0.25) is 0 Å². The van der Waals surface area contributed by atoms with E-state index in [1.165, 1.54) is 0 Å². The van der Waals surface area contributed by atoms with Crippen LogP contribution in [0.3, 0.4) is 0 Å². The molecule has 0 saturated heterocycles. The first-order chi connectivity index (χ1) is 21.9. The Morgan fingerprint density at radius 3 is 1.47 bits per heavy atom. The van der Waals surface area contributed by atoms with Crippen molar-refractivity contribution in [3.8, 4) is 33.8 Å². The van der Waals surface area contributed by atoms with Crippen LogP contribution in [0.4, 0.5) is 0 Å². The standard InChI is InChI=1S/C37H40O8/c1-27(41-24-29(3)45-37(39)26-43-35-21-13-11-19-33(35)31-16-8-5-9-17-31)22-40-28(2)23-44-36(38)25-42-34-20-12-10-18-32(34)30-14-6-4-7-15-30/h4-21,27-29H,22-26H2,1-3H3. The second kappa shape index (κ2) is 17.6. The molecule has 0 saturated carbocycles. The van der Waals surface area contributed by atoms with Gasteiger partial charge in [0.25, 0.3) is 0 Å². The molecular formula is C37H40O8. The van der Waals surface area contributed by atoms with Crippen molar-refractivity contribution in [1.82, 2.24) is 0 Å². The van der Waals surface area contributed by atoms with Gasteiger partial charge in [-0.05, 0) is 44.0 Å². The van der Waals surface area contributed by atoms with E-state index in [2.05, 4.69) is 0 Å². The number of carbonyl (C=O) groups is 2. The Morgan fingerprint density at radius 1 is 0.511 bits per heavy atom. The van der Waals surface area contributed by atoms with E-state index in [1.54, 1.807) is 6.92 Å². The van der Waals surface area contributed by atoms with Crippen LogP contribution in [0.2, 0.25) is 0 Å². The van der Waals surface area contributed by atoms with Gasteiger partial charge in [-0.2, -0.15) is 0 Å². The molecule has 45 heavy (non-hydrogen) atoms. The van der Waals surface area contributed by atoms with Crippen LogP contribution in [0, 0.1) is 0 Å². The van der Waals surface area contributed by atoms with Gasteiger partial charge in [-0.15, -0.1) is 0 Å². The Morgan fingerprint density at radius 2 is 0.933 bits per heavy atom. The molecule has 0 aliphatic carbocycles. The van der Waals surface area contributed by atoms with Crippen LogP contribution in [0.1, 0.15) is 20.8 Å². The summed E-state index contributed by atoms with van der Waals surface area (Å²) in [5, 5.41) is 0. The van der Waals surface area contributed by atoms with Crippen molar-refractivity contribution >= 4 is 11.9 Å². The Kier molecular flexibility index (Phi) is 13.0. The molecule has 4 aromatic carbocycles. The zero-order chi connectivity index (χ0) is 31.9. The molecule has 236 valence electrons. The fraction of sp³-hybridized carbons (Fsp3) is 0.297. The van der Waals surface area contributed by atoms with E-state index < -0.39 is 18.0 Å². The highest BCUT2D eigenvalue weighted by atomic mass is 16.6. The maximum atomic E-state index is 12.4. The van der Waals surface area contributed by atoms with Gasteiger partial charge in [0.2, 0.25) is 0 Å². The maximum absolute atomic E-state index is 12.4. The zero-order valence-corrected chi connectivity index (χ0v) is 25.9. The van der Waals surface area contributed by atoms with Crippen molar-refractivity contribution in [1.29, 1.82) is 0 Å². The molecule has 0 fully saturated rings. The lowest BCUT2D eigenvalue weighted by molar-refractivity contribution is -0.156. The lowest BCUT2D eigenvalue weighted by Gasteiger charge is -2.20. The van der Waals surface area contributed by atoms with Crippen LogP contribution in [0.15, 0.2) is 109 Å². The first kappa shape index (κ1) is 33.2. The highest BCUT2D eigenvalue weighted by Crippen LogP contribution is 2.30. The molecule has 0 N–H and O–H groups in total. The molecule has 0 amide bonds. The molecule has 3 atom stereocenters. The van der Waals surface area contributed by atoms with Gasteiger partial charge in [0.1, 0.15) is 24.2 Å². The van der Waals surface area contributed by atoms with Gasteiger partial charge in [-0.25, -0.2) is 9.59 Å². The van der Waals surface area contributed by atoms with E-state index in [-0.39, 0.29) is 45.2 Å². The molecule has 4 aromatic rings. The molecule has 0 bridgehead atoms. The Bertz CT molecular complexity index is 1470. The molecule has 4 rings (SSSR count). The number of para-hydroxylation sites is 2. The van der Waals surface area contributed by atoms with Crippen LogP contribution in [-0.4, -0.2) is 63.3 Å². The minimum Gasteiger partial charge on any atom is -0.481 e. The van der Waals surface area contributed by atoms with Crippen molar-refractivity contribution in [2.45, 2.75) is 39.1 Å². The topological polar surface area (TPSA) is 89.5 Å². The molecule has 0 aliphatic heterocycles. The minimum atomic E-state index is -0.485. The van der Waals surface area contributed by atoms with Crippen LogP contribution >= 0.6 is 0 Å². The monoisotopic (exact) mass is 612 g/mol. The molecular weight excluding hydrogens is 572 g/mol. The number of hydrogen-bond donors (Lipinski definition) is 0. The van der Waals surface area contributed by atoms with Gasteiger partial charge in [0, 0.05) is 11.1 Å². The minimum absolute atomic E-state index is 0.0800. The van der Waals surface area contributed by atoms with Gasteiger partial charge in [0.15, 0.2) is 13.2 Å². The van der Waals surface area contributed by atoms with Gasteiger partial charge >= 0.3 is 11.9 Å². The smallest absolute Gasteiger partial charge is 0.344 e. The average molecular weight is 613 g/mol. The second-order valence-corrected chi connectivity index (χ2v) is 10.6. The van der Waals surface area contributed by atoms with E-state index in [0.29, 0.717) is 11.5 Å². The summed E-state index contributed by atoms with van der Waals surface area (Å²) in [5.41, 5.74) is 3.81. The highest BCUT2D eigenvalue weighted by molar-refractivity contribution is 5.74. The average Bonchev–Trinajstić information content (AvgIpc) is 3.08. The summed E-state index contributed by atoms with van der Waals surface area (Å²) in [6.45, 7) is 5.55. The summed E-state index contributed by atoms with van der Waals surface area (Å²) in [4.78, 5) is 24.7. The van der Waals surface area contributed by atoms with E-state index in [4.69, 9.17) is 28.4 Å².